The van der Waals surface area contributed by atoms with Crippen LogP contribution in [0.1, 0.15) is 17.4 Å². The highest BCUT2D eigenvalue weighted by Gasteiger charge is 2.35. The van der Waals surface area contributed by atoms with Gasteiger partial charge in [-0.3, -0.25) is 0 Å². The molecule has 1 fully saturated rings. The average Bonchev–Trinajstić information content (AvgIpc) is 2.64. The topological polar surface area (TPSA) is 116 Å². The fraction of sp³-hybridized carbons (Fsp3) is 0.368. The van der Waals surface area contributed by atoms with Gasteiger partial charge < -0.3 is 14.7 Å². The van der Waals surface area contributed by atoms with Crippen LogP contribution in [0.2, 0.25) is 5.02 Å². The van der Waals surface area contributed by atoms with Crippen LogP contribution in [-0.4, -0.2) is 44.2 Å². The summed E-state index contributed by atoms with van der Waals surface area (Å²) in [5.41, 5.74) is 0.705. The van der Waals surface area contributed by atoms with E-state index in [4.69, 9.17) is 21.6 Å². The Morgan fingerprint density at radius 3 is 2.80 bits per heavy atom. The Hall–Kier alpha value is -2.45. The molecule has 30 heavy (non-hydrogen) atoms. The molecule has 11 heteroatoms. The van der Waals surface area contributed by atoms with E-state index in [0.29, 0.717) is 24.6 Å². The van der Waals surface area contributed by atoms with Crippen molar-refractivity contribution in [3.05, 3.63) is 46.4 Å². The average molecular weight is 453 g/mol. The molecule has 1 aromatic heterocycles. The van der Waals surface area contributed by atoms with Crippen LogP contribution in [-0.2, 0) is 10.0 Å². The molecule has 0 saturated carbocycles. The molecule has 1 saturated heterocycles. The van der Waals surface area contributed by atoms with Gasteiger partial charge in [-0.25, -0.2) is 22.5 Å². The molecule has 158 valence electrons. The van der Waals surface area contributed by atoms with Crippen molar-refractivity contribution in [3.8, 4) is 11.8 Å². The third-order valence-electron chi connectivity index (χ3n) is 5.09. The third-order valence-corrected chi connectivity index (χ3v) is 6.85. The molecular formula is C19H18ClFN4O4S. The minimum absolute atomic E-state index is 0.0134. The molecule has 2 aromatic rings. The standard InChI is InChI=1S/C19H18ClFN4O4S/c1-10-2-12(3-18(23-10)25-7-11(6-22)8-25)30(27,28)24-16-9-29-17-5-15(21)14(20)4-13(17)19(16)26/h2-5,11,16,19,24,26H,7-9H2,1H3/t16-,19+/m1/s1. The monoisotopic (exact) mass is 452 g/mol. The Balaban J connectivity index is 1.57. The van der Waals surface area contributed by atoms with Crippen molar-refractivity contribution >= 4 is 27.4 Å². The molecule has 2 aliphatic rings. The van der Waals surface area contributed by atoms with Crippen molar-refractivity contribution in [3.63, 3.8) is 0 Å². The minimum Gasteiger partial charge on any atom is -0.491 e. The maximum absolute atomic E-state index is 13.6. The second-order valence-electron chi connectivity index (χ2n) is 7.32. The van der Waals surface area contributed by atoms with E-state index < -0.39 is 28.0 Å². The largest absolute Gasteiger partial charge is 0.491 e. The summed E-state index contributed by atoms with van der Waals surface area (Å²) >= 11 is 5.78. The number of rotatable bonds is 4. The van der Waals surface area contributed by atoms with Crippen LogP contribution in [0.15, 0.2) is 29.2 Å². The number of aryl methyl sites for hydroxylation is 1. The van der Waals surface area contributed by atoms with Gasteiger partial charge in [-0.1, -0.05) is 11.6 Å². The fourth-order valence-electron chi connectivity index (χ4n) is 3.44. The molecular weight excluding hydrogens is 435 g/mol. The molecule has 1 aromatic carbocycles. The first kappa shape index (κ1) is 20.8. The number of hydrogen-bond acceptors (Lipinski definition) is 7. The smallest absolute Gasteiger partial charge is 0.241 e. The molecule has 0 spiro atoms. The fourth-order valence-corrected chi connectivity index (χ4v) is 4.93. The molecule has 0 amide bonds. The molecule has 4 rings (SSSR count). The maximum atomic E-state index is 13.6. The van der Waals surface area contributed by atoms with Gasteiger partial charge in [0, 0.05) is 36.5 Å². The Bertz CT molecular complexity index is 1150. The third kappa shape index (κ3) is 3.81. The van der Waals surface area contributed by atoms with Gasteiger partial charge in [-0.2, -0.15) is 5.26 Å². The lowest BCUT2D eigenvalue weighted by Gasteiger charge is -2.36. The summed E-state index contributed by atoms with van der Waals surface area (Å²) in [6, 6.07) is 6.30. The molecule has 0 unspecified atom stereocenters. The number of aliphatic hydroxyl groups is 1. The SMILES string of the molecule is Cc1cc(S(=O)(=O)N[C@@H]2COc3cc(F)c(Cl)cc3[C@@H]2O)cc(N2CC(C#N)C2)n1. The summed E-state index contributed by atoms with van der Waals surface area (Å²) in [7, 11) is -4.02. The summed E-state index contributed by atoms with van der Waals surface area (Å²) < 4.78 is 47.4. The number of sulfonamides is 1. The van der Waals surface area contributed by atoms with E-state index in [0.717, 1.165) is 6.07 Å². The Morgan fingerprint density at radius 2 is 2.10 bits per heavy atom. The quantitative estimate of drug-likeness (QED) is 0.728. The molecule has 0 bridgehead atoms. The first-order valence-electron chi connectivity index (χ1n) is 9.13. The summed E-state index contributed by atoms with van der Waals surface area (Å²) in [6.45, 7) is 2.48. The number of benzene rings is 1. The van der Waals surface area contributed by atoms with E-state index in [1.165, 1.54) is 18.2 Å². The second kappa shape index (κ2) is 7.67. The van der Waals surface area contributed by atoms with Crippen LogP contribution in [0.3, 0.4) is 0 Å². The zero-order valence-electron chi connectivity index (χ0n) is 15.8. The predicted octanol–water partition coefficient (Wildman–Crippen LogP) is 1.92. The van der Waals surface area contributed by atoms with E-state index in [2.05, 4.69) is 15.8 Å². The van der Waals surface area contributed by atoms with E-state index in [1.54, 1.807) is 6.92 Å². The number of halogens is 2. The number of nitrogens with one attached hydrogen (secondary N) is 1. The lowest BCUT2D eigenvalue weighted by atomic mass is 10.00. The van der Waals surface area contributed by atoms with E-state index in [1.807, 2.05) is 4.90 Å². The van der Waals surface area contributed by atoms with E-state index >= 15 is 0 Å². The van der Waals surface area contributed by atoms with Gasteiger partial charge in [-0.15, -0.1) is 0 Å². The minimum atomic E-state index is -4.02. The number of hydrogen-bond donors (Lipinski definition) is 2. The number of nitriles is 1. The van der Waals surface area contributed by atoms with Crippen molar-refractivity contribution < 1.29 is 22.7 Å². The number of anilines is 1. The highest BCUT2D eigenvalue weighted by atomic mass is 35.5. The Morgan fingerprint density at radius 1 is 1.37 bits per heavy atom. The zero-order chi connectivity index (χ0) is 21.6. The number of aromatic nitrogens is 1. The molecule has 8 nitrogen and oxygen atoms in total. The number of nitrogens with zero attached hydrogens (tertiary/aromatic N) is 3. The van der Waals surface area contributed by atoms with Gasteiger partial charge in [0.1, 0.15) is 30.1 Å². The second-order valence-corrected chi connectivity index (χ2v) is 9.44. The zero-order valence-corrected chi connectivity index (χ0v) is 17.4. The van der Waals surface area contributed by atoms with Crippen LogP contribution in [0.25, 0.3) is 0 Å². The van der Waals surface area contributed by atoms with E-state index in [-0.39, 0.29) is 33.8 Å². The molecule has 0 aliphatic carbocycles. The Labute approximate surface area is 177 Å². The van der Waals surface area contributed by atoms with Gasteiger partial charge in [0.2, 0.25) is 10.0 Å². The van der Waals surface area contributed by atoms with Crippen molar-refractivity contribution in [2.24, 2.45) is 5.92 Å². The van der Waals surface area contributed by atoms with Crippen molar-refractivity contribution in [2.45, 2.75) is 24.0 Å². The lowest BCUT2D eigenvalue weighted by Crippen LogP contribution is -2.47. The normalized spacial score (nSPS) is 21.4. The highest BCUT2D eigenvalue weighted by Crippen LogP contribution is 2.36. The summed E-state index contributed by atoms with van der Waals surface area (Å²) in [4.78, 5) is 6.16. The van der Waals surface area contributed by atoms with Crippen molar-refractivity contribution in [2.75, 3.05) is 24.6 Å². The van der Waals surface area contributed by atoms with Crippen LogP contribution >= 0.6 is 11.6 Å². The summed E-state index contributed by atoms with van der Waals surface area (Å²) in [5.74, 6) is -0.204. The summed E-state index contributed by atoms with van der Waals surface area (Å²) in [5, 5.41) is 19.3. The highest BCUT2D eigenvalue weighted by molar-refractivity contribution is 7.89. The lowest BCUT2D eigenvalue weighted by molar-refractivity contribution is 0.0837. The van der Waals surface area contributed by atoms with Crippen molar-refractivity contribution in [1.82, 2.24) is 9.71 Å². The number of fused-ring (bicyclic) bond motifs is 1. The predicted molar refractivity (Wildman–Crippen MR) is 106 cm³/mol. The van der Waals surface area contributed by atoms with Crippen LogP contribution in [0, 0.1) is 30.0 Å². The van der Waals surface area contributed by atoms with Crippen LogP contribution in [0.5, 0.6) is 5.75 Å². The van der Waals surface area contributed by atoms with Crippen LogP contribution < -0.4 is 14.4 Å². The van der Waals surface area contributed by atoms with Gasteiger partial charge in [0.25, 0.3) is 0 Å². The molecule has 2 atom stereocenters. The van der Waals surface area contributed by atoms with Crippen LogP contribution in [0.4, 0.5) is 10.2 Å². The number of aliphatic hydroxyl groups excluding tert-OH is 1. The molecule has 2 aliphatic heterocycles. The number of pyridine rings is 1. The van der Waals surface area contributed by atoms with Gasteiger partial charge in [-0.05, 0) is 19.1 Å². The maximum Gasteiger partial charge on any atom is 0.241 e. The Kier molecular flexibility index (Phi) is 5.32. The first-order chi connectivity index (χ1) is 14.2. The molecule has 2 N–H and O–H groups in total. The van der Waals surface area contributed by atoms with Crippen molar-refractivity contribution in [1.29, 1.82) is 5.26 Å². The van der Waals surface area contributed by atoms with Gasteiger partial charge in [0.15, 0.2) is 0 Å². The van der Waals surface area contributed by atoms with Gasteiger partial charge >= 0.3 is 0 Å². The molecule has 3 heterocycles. The summed E-state index contributed by atoms with van der Waals surface area (Å²) in [6.07, 6.45) is -1.27. The number of ether oxygens (including phenoxy) is 1. The molecule has 0 radical (unpaired) electrons. The van der Waals surface area contributed by atoms with E-state index in [9.17, 15) is 17.9 Å². The van der Waals surface area contributed by atoms with Gasteiger partial charge in [0.05, 0.1) is 27.9 Å². The first-order valence-corrected chi connectivity index (χ1v) is 11.0.